The first-order chi connectivity index (χ1) is 9.46. The highest BCUT2D eigenvalue weighted by atomic mass is 31.2. The van der Waals surface area contributed by atoms with Crippen LogP contribution in [-0.4, -0.2) is 16.9 Å². The van der Waals surface area contributed by atoms with Gasteiger partial charge < -0.3 is 9.63 Å². The van der Waals surface area contributed by atoms with E-state index < -0.39 is 12.3 Å². The molecule has 0 fully saturated rings. The molecular weight excluding hydrogens is 281 g/mol. The van der Waals surface area contributed by atoms with Gasteiger partial charge in [-0.25, -0.2) is 0 Å². The number of non-ortho nitro benzene ring substituents is 1. The van der Waals surface area contributed by atoms with Crippen LogP contribution in [0.3, 0.4) is 0 Å². The topological polar surface area (TPSA) is 89.7 Å². The molecule has 0 aromatic heterocycles. The van der Waals surface area contributed by atoms with Gasteiger partial charge in [0.15, 0.2) is 0 Å². The van der Waals surface area contributed by atoms with Gasteiger partial charge in [-0.15, -0.1) is 0 Å². The molecule has 104 valence electrons. The first-order valence-corrected chi connectivity index (χ1v) is 7.34. The lowest BCUT2D eigenvalue weighted by molar-refractivity contribution is -0.384. The normalized spacial score (nSPS) is 13.5. The molecule has 0 aliphatic heterocycles. The van der Waals surface area contributed by atoms with Crippen LogP contribution in [0, 0.1) is 10.1 Å². The van der Waals surface area contributed by atoms with Crippen LogP contribution in [0.25, 0.3) is 0 Å². The van der Waals surface area contributed by atoms with Crippen LogP contribution in [0.2, 0.25) is 0 Å². The third-order valence-electron chi connectivity index (χ3n) is 2.81. The Hall–Kier alpha value is -2.17. The number of nitrogens with zero attached hydrogens (tertiary/aromatic N) is 1. The highest BCUT2D eigenvalue weighted by Crippen LogP contribution is 2.42. The lowest BCUT2D eigenvalue weighted by Gasteiger charge is -2.15. The van der Waals surface area contributed by atoms with E-state index in [1.165, 1.54) is 31.4 Å². The van der Waals surface area contributed by atoms with Crippen molar-refractivity contribution in [3.05, 3.63) is 58.6 Å². The number of hydrogen-bond donors (Lipinski definition) is 1. The summed E-state index contributed by atoms with van der Waals surface area (Å²) in [4.78, 5) is 20.4. The summed E-state index contributed by atoms with van der Waals surface area (Å²) in [6.07, 6.45) is 0. The van der Waals surface area contributed by atoms with Crippen LogP contribution in [0.5, 0.6) is 5.75 Å². The van der Waals surface area contributed by atoms with Gasteiger partial charge in [-0.05, 0) is 18.2 Å². The fourth-order valence-electron chi connectivity index (χ4n) is 1.80. The fourth-order valence-corrected chi connectivity index (χ4v) is 3.38. The zero-order valence-electron chi connectivity index (χ0n) is 10.6. The molecule has 1 N–H and O–H groups in total. The Balaban J connectivity index is 2.57. The molecule has 0 saturated carbocycles. The molecule has 20 heavy (non-hydrogen) atoms. The summed E-state index contributed by atoms with van der Waals surface area (Å²) >= 11 is 0. The van der Waals surface area contributed by atoms with Gasteiger partial charge in [0.25, 0.3) is 13.1 Å². The fraction of sp³-hybridized carbons (Fsp3) is 0.0769. The maximum Gasteiger partial charge on any atom is 0.273 e. The second-order valence-corrected chi connectivity index (χ2v) is 6.18. The van der Waals surface area contributed by atoms with Crippen LogP contribution in [0.15, 0.2) is 48.5 Å². The molecule has 0 aliphatic carbocycles. The van der Waals surface area contributed by atoms with E-state index in [-0.39, 0.29) is 22.0 Å². The van der Waals surface area contributed by atoms with Gasteiger partial charge in [0.05, 0.1) is 23.4 Å². The number of methoxy groups -OCH3 is 1. The van der Waals surface area contributed by atoms with Crippen LogP contribution >= 0.6 is 7.37 Å². The van der Waals surface area contributed by atoms with Crippen molar-refractivity contribution in [2.75, 3.05) is 7.11 Å². The summed E-state index contributed by atoms with van der Waals surface area (Å²) in [5.41, 5.74) is -0.196. The third-order valence-corrected chi connectivity index (χ3v) is 4.83. The van der Waals surface area contributed by atoms with Gasteiger partial charge in [0, 0.05) is 11.4 Å². The number of hydrogen-bond acceptors (Lipinski definition) is 4. The van der Waals surface area contributed by atoms with E-state index in [4.69, 9.17) is 4.74 Å². The van der Waals surface area contributed by atoms with Crippen molar-refractivity contribution in [3.63, 3.8) is 0 Å². The number of nitro groups is 1. The van der Waals surface area contributed by atoms with E-state index in [0.717, 1.165) is 6.07 Å². The molecule has 0 radical (unpaired) electrons. The number of rotatable bonds is 4. The average molecular weight is 293 g/mol. The molecule has 0 spiro atoms. The molecule has 1 atom stereocenters. The second kappa shape index (κ2) is 5.45. The summed E-state index contributed by atoms with van der Waals surface area (Å²) in [6, 6.07) is 11.7. The molecule has 0 bridgehead atoms. The van der Waals surface area contributed by atoms with Crippen LogP contribution in [-0.2, 0) is 4.57 Å². The molecule has 7 heteroatoms. The lowest BCUT2D eigenvalue weighted by atomic mass is 10.3. The number of nitro benzene ring substituents is 1. The first kappa shape index (κ1) is 14.2. The molecule has 0 amide bonds. The maximum absolute atomic E-state index is 12.6. The van der Waals surface area contributed by atoms with Gasteiger partial charge in [-0.3, -0.25) is 14.7 Å². The monoisotopic (exact) mass is 293 g/mol. The Bertz CT molecular complexity index is 686. The molecule has 2 aromatic carbocycles. The molecule has 2 aromatic rings. The quantitative estimate of drug-likeness (QED) is 0.527. The smallest absolute Gasteiger partial charge is 0.273 e. The Kier molecular flexibility index (Phi) is 3.88. The average Bonchev–Trinajstić information content (AvgIpc) is 2.47. The van der Waals surface area contributed by atoms with Crippen molar-refractivity contribution in [1.29, 1.82) is 0 Å². The minimum absolute atomic E-state index is 0.0221. The van der Waals surface area contributed by atoms with Crippen LogP contribution < -0.4 is 15.3 Å². The third kappa shape index (κ3) is 2.57. The minimum Gasteiger partial charge on any atom is -0.496 e. The van der Waals surface area contributed by atoms with Gasteiger partial charge in [0.2, 0.25) is 0 Å². The largest absolute Gasteiger partial charge is 0.496 e. The zero-order chi connectivity index (χ0) is 14.8. The van der Waals surface area contributed by atoms with E-state index in [1.807, 2.05) is 0 Å². The van der Waals surface area contributed by atoms with Crippen molar-refractivity contribution in [2.24, 2.45) is 0 Å². The van der Waals surface area contributed by atoms with E-state index in [2.05, 4.69) is 0 Å². The molecule has 0 aliphatic rings. The highest BCUT2D eigenvalue weighted by Gasteiger charge is 2.29. The highest BCUT2D eigenvalue weighted by molar-refractivity contribution is 7.73. The second-order valence-electron chi connectivity index (χ2n) is 4.02. The van der Waals surface area contributed by atoms with Gasteiger partial charge >= 0.3 is 0 Å². The zero-order valence-corrected chi connectivity index (χ0v) is 11.5. The standard InChI is InChI=1S/C13H12NO5P/c1-19-12-9-10(14(15)16)7-8-13(12)20(17,18)11-5-3-2-4-6-11/h2-9H,1H3,(H,17,18). The van der Waals surface area contributed by atoms with Crippen molar-refractivity contribution < 1.29 is 19.1 Å². The Morgan fingerprint density at radius 3 is 2.40 bits per heavy atom. The van der Waals surface area contributed by atoms with E-state index >= 15 is 0 Å². The van der Waals surface area contributed by atoms with Gasteiger partial charge in [0.1, 0.15) is 5.75 Å². The van der Waals surface area contributed by atoms with E-state index in [0.29, 0.717) is 0 Å². The van der Waals surface area contributed by atoms with Crippen molar-refractivity contribution >= 4 is 23.7 Å². The van der Waals surface area contributed by atoms with Crippen LogP contribution in [0.4, 0.5) is 5.69 Å². The van der Waals surface area contributed by atoms with Crippen LogP contribution in [0.1, 0.15) is 0 Å². The predicted octanol–water partition coefficient (Wildman–Crippen LogP) is 1.82. The Labute approximate surface area is 115 Å². The summed E-state index contributed by atoms with van der Waals surface area (Å²) in [5, 5.41) is 11.0. The summed E-state index contributed by atoms with van der Waals surface area (Å²) in [6.45, 7) is 0. The predicted molar refractivity (Wildman–Crippen MR) is 75.2 cm³/mol. The number of ether oxygens (including phenoxy) is 1. The lowest BCUT2D eigenvalue weighted by Crippen LogP contribution is -2.17. The van der Waals surface area contributed by atoms with E-state index in [9.17, 15) is 19.6 Å². The molecule has 1 unspecified atom stereocenters. The molecule has 0 heterocycles. The van der Waals surface area contributed by atoms with E-state index in [1.54, 1.807) is 18.2 Å². The van der Waals surface area contributed by atoms with Gasteiger partial charge in [-0.1, -0.05) is 18.2 Å². The molecule has 6 nitrogen and oxygen atoms in total. The molecule has 2 rings (SSSR count). The Morgan fingerprint density at radius 1 is 1.20 bits per heavy atom. The summed E-state index contributed by atoms with van der Waals surface area (Å²) in [7, 11) is -2.55. The molecular formula is C13H12NO5P. The maximum atomic E-state index is 12.6. The summed E-state index contributed by atoms with van der Waals surface area (Å²) in [5.74, 6) is 0.0221. The van der Waals surface area contributed by atoms with Crippen molar-refractivity contribution in [3.8, 4) is 5.75 Å². The SMILES string of the molecule is COc1cc([N+](=O)[O-])ccc1P(=O)(O)c1ccccc1. The van der Waals surface area contributed by atoms with Gasteiger partial charge in [-0.2, -0.15) is 0 Å². The molecule has 0 saturated heterocycles. The summed E-state index contributed by atoms with van der Waals surface area (Å²) < 4.78 is 17.6. The number of benzene rings is 2. The van der Waals surface area contributed by atoms with Crippen molar-refractivity contribution in [2.45, 2.75) is 0 Å². The first-order valence-electron chi connectivity index (χ1n) is 5.68. The van der Waals surface area contributed by atoms with Crippen molar-refractivity contribution in [1.82, 2.24) is 0 Å². The Morgan fingerprint density at radius 2 is 1.85 bits per heavy atom. The minimum atomic E-state index is -3.85.